The van der Waals surface area contributed by atoms with Gasteiger partial charge in [0.25, 0.3) is 0 Å². The third-order valence-corrected chi connectivity index (χ3v) is 8.43. The van der Waals surface area contributed by atoms with Crippen LogP contribution in [0.4, 0.5) is 0 Å². The molecule has 2 aliphatic rings. The van der Waals surface area contributed by atoms with E-state index in [-0.39, 0.29) is 12.2 Å². The van der Waals surface area contributed by atoms with E-state index >= 15 is 0 Å². The second-order valence-corrected chi connectivity index (χ2v) is 10.8. The summed E-state index contributed by atoms with van der Waals surface area (Å²) in [5.74, 6) is 1.67. The predicted octanol–water partition coefficient (Wildman–Crippen LogP) is 5.24. The second kappa shape index (κ2) is 11.8. The van der Waals surface area contributed by atoms with Crippen molar-refractivity contribution in [1.82, 2.24) is 19.7 Å². The van der Waals surface area contributed by atoms with E-state index in [2.05, 4.69) is 24.3 Å². The molecule has 1 amide bonds. The maximum Gasteiger partial charge on any atom is 0.244 e. The number of carbonyl (C=O) groups is 1. The number of amides is 1. The molecule has 3 unspecified atom stereocenters. The molecule has 0 bridgehead atoms. The van der Waals surface area contributed by atoms with Crippen molar-refractivity contribution in [3.8, 4) is 0 Å². The molecule has 0 N–H and O–H groups in total. The number of hydrogen-bond donors (Lipinski definition) is 0. The molecular formula is C26H40N4O3S. The number of aryl methyl sites for hydroxylation is 2. The number of rotatable bonds is 8. The zero-order valence-electron chi connectivity index (χ0n) is 21.2. The average molecular weight is 489 g/mol. The van der Waals surface area contributed by atoms with Crippen molar-refractivity contribution in [3.05, 3.63) is 33.5 Å². The van der Waals surface area contributed by atoms with Gasteiger partial charge in [-0.1, -0.05) is 33.1 Å². The lowest BCUT2D eigenvalue weighted by atomic mass is 9.87. The first-order valence-electron chi connectivity index (χ1n) is 13.0. The van der Waals surface area contributed by atoms with E-state index in [1.165, 1.54) is 19.3 Å². The first-order valence-corrected chi connectivity index (χ1v) is 13.8. The van der Waals surface area contributed by atoms with Crippen molar-refractivity contribution >= 4 is 17.2 Å². The molecule has 34 heavy (non-hydrogen) atoms. The topological polar surface area (TPSA) is 69.5 Å². The third-order valence-electron chi connectivity index (χ3n) is 7.41. The molecular weight excluding hydrogens is 448 g/mol. The van der Waals surface area contributed by atoms with Gasteiger partial charge in [0.1, 0.15) is 12.2 Å². The molecule has 2 aromatic heterocycles. The molecule has 4 heterocycles. The van der Waals surface area contributed by atoms with Gasteiger partial charge in [0.05, 0.1) is 23.9 Å². The van der Waals surface area contributed by atoms with Gasteiger partial charge in [-0.3, -0.25) is 9.48 Å². The quantitative estimate of drug-likeness (QED) is 0.508. The van der Waals surface area contributed by atoms with Crippen LogP contribution in [-0.4, -0.2) is 51.9 Å². The Morgan fingerprint density at radius 2 is 1.88 bits per heavy atom. The number of aromatic nitrogens is 3. The molecule has 2 saturated heterocycles. The summed E-state index contributed by atoms with van der Waals surface area (Å²) in [6.07, 6.45) is 6.35. The van der Waals surface area contributed by atoms with E-state index in [9.17, 15) is 4.79 Å². The smallest absolute Gasteiger partial charge is 0.244 e. The van der Waals surface area contributed by atoms with E-state index in [4.69, 9.17) is 14.5 Å². The number of nitrogens with zero attached hydrogens (tertiary/aromatic N) is 4. The highest BCUT2D eigenvalue weighted by Crippen LogP contribution is 2.35. The Hall–Kier alpha value is -1.77. The van der Waals surface area contributed by atoms with Gasteiger partial charge < -0.3 is 14.4 Å². The Kier molecular flexibility index (Phi) is 8.77. The highest BCUT2D eigenvalue weighted by Gasteiger charge is 2.31. The Balaban J connectivity index is 1.30. The van der Waals surface area contributed by atoms with Gasteiger partial charge in [-0.15, -0.1) is 11.3 Å². The van der Waals surface area contributed by atoms with Crippen molar-refractivity contribution in [2.75, 3.05) is 26.3 Å². The third kappa shape index (κ3) is 6.07. The normalized spacial score (nSPS) is 24.4. The first-order chi connectivity index (χ1) is 16.5. The van der Waals surface area contributed by atoms with Crippen LogP contribution >= 0.6 is 11.3 Å². The van der Waals surface area contributed by atoms with Crippen LogP contribution in [-0.2, 0) is 20.8 Å². The lowest BCUT2D eigenvalue weighted by molar-refractivity contribution is -0.136. The van der Waals surface area contributed by atoms with E-state index in [1.807, 2.05) is 24.8 Å². The van der Waals surface area contributed by atoms with Gasteiger partial charge in [-0.2, -0.15) is 5.10 Å². The maximum atomic E-state index is 12.8. The van der Waals surface area contributed by atoms with Gasteiger partial charge in [0, 0.05) is 30.1 Å². The van der Waals surface area contributed by atoms with Crippen LogP contribution in [0.15, 0.2) is 11.4 Å². The van der Waals surface area contributed by atoms with Crippen molar-refractivity contribution < 1.29 is 14.3 Å². The number of piperidine rings is 1. The second-order valence-electron chi connectivity index (χ2n) is 9.92. The molecule has 2 aliphatic heterocycles. The van der Waals surface area contributed by atoms with E-state index in [0.29, 0.717) is 24.3 Å². The molecule has 3 atom stereocenters. The number of hydrogen-bond acceptors (Lipinski definition) is 6. The van der Waals surface area contributed by atoms with Crippen molar-refractivity contribution in [3.63, 3.8) is 0 Å². The molecule has 7 nitrogen and oxygen atoms in total. The summed E-state index contributed by atoms with van der Waals surface area (Å²) in [6.45, 7) is 11.8. The number of thiazole rings is 1. The molecule has 0 spiro atoms. The fraction of sp³-hybridized carbons (Fsp3) is 0.731. The number of likely N-dealkylation sites (tertiary alicyclic amines) is 1. The molecule has 8 heteroatoms. The first kappa shape index (κ1) is 25.3. The Labute approximate surface area is 207 Å². The molecule has 0 radical (unpaired) electrons. The summed E-state index contributed by atoms with van der Waals surface area (Å²) in [4.78, 5) is 19.7. The van der Waals surface area contributed by atoms with E-state index < -0.39 is 0 Å². The minimum absolute atomic E-state index is 0.146. The average Bonchev–Trinajstić information content (AvgIpc) is 3.38. The SMILES string of the molecule is CCCCC1COC(c2csc(C3CCN(C(=O)Cn4nc(C)cc4C)CC3)n2)OCC1CC. The minimum Gasteiger partial charge on any atom is -0.347 e. The molecule has 0 aromatic carbocycles. The number of carbonyl (C=O) groups excluding carboxylic acids is 1. The number of unbranched alkanes of at least 4 members (excludes halogenated alkanes) is 1. The minimum atomic E-state index is -0.354. The zero-order valence-corrected chi connectivity index (χ0v) is 22.0. The van der Waals surface area contributed by atoms with Crippen LogP contribution in [0.3, 0.4) is 0 Å². The van der Waals surface area contributed by atoms with Crippen LogP contribution in [0.2, 0.25) is 0 Å². The number of ether oxygens (including phenoxy) is 2. The zero-order chi connectivity index (χ0) is 24.1. The molecule has 2 aromatic rings. The highest BCUT2D eigenvalue weighted by molar-refractivity contribution is 7.09. The van der Waals surface area contributed by atoms with Gasteiger partial charge in [-0.25, -0.2) is 4.98 Å². The predicted molar refractivity (Wildman–Crippen MR) is 134 cm³/mol. The molecule has 0 aliphatic carbocycles. The summed E-state index contributed by atoms with van der Waals surface area (Å²) in [7, 11) is 0. The van der Waals surface area contributed by atoms with Crippen molar-refractivity contribution in [2.45, 2.75) is 85.0 Å². The lowest BCUT2D eigenvalue weighted by Crippen LogP contribution is -2.40. The monoisotopic (exact) mass is 488 g/mol. The van der Waals surface area contributed by atoms with E-state index in [1.54, 1.807) is 16.0 Å². The van der Waals surface area contributed by atoms with Crippen molar-refractivity contribution in [2.24, 2.45) is 11.8 Å². The Morgan fingerprint density at radius 1 is 1.15 bits per heavy atom. The molecule has 4 rings (SSSR count). The molecule has 188 valence electrons. The van der Waals surface area contributed by atoms with Crippen LogP contribution < -0.4 is 0 Å². The standard InChI is InChI=1S/C26H40N4O3S/c1-5-7-8-22-16-33-26(32-15-20(22)6-2)23-17-34-25(27-23)21-9-11-29(12-10-21)24(31)14-30-19(4)13-18(3)28-30/h13,17,20-22,26H,5-12,14-16H2,1-4H3. The fourth-order valence-electron chi connectivity index (χ4n) is 5.18. The highest BCUT2D eigenvalue weighted by atomic mass is 32.1. The Bertz CT molecular complexity index is 934. The van der Waals surface area contributed by atoms with E-state index in [0.717, 1.165) is 67.7 Å². The summed E-state index contributed by atoms with van der Waals surface area (Å²) < 4.78 is 14.2. The van der Waals surface area contributed by atoms with Crippen molar-refractivity contribution in [1.29, 1.82) is 0 Å². The summed E-state index contributed by atoms with van der Waals surface area (Å²) in [5, 5.41) is 7.68. The van der Waals surface area contributed by atoms with Gasteiger partial charge in [0.2, 0.25) is 12.2 Å². The Morgan fingerprint density at radius 3 is 2.53 bits per heavy atom. The summed E-state index contributed by atoms with van der Waals surface area (Å²) >= 11 is 1.71. The summed E-state index contributed by atoms with van der Waals surface area (Å²) in [6, 6.07) is 2.01. The maximum absolute atomic E-state index is 12.8. The van der Waals surface area contributed by atoms with Crippen LogP contribution in [0.5, 0.6) is 0 Å². The van der Waals surface area contributed by atoms with Crippen LogP contribution in [0, 0.1) is 25.7 Å². The van der Waals surface area contributed by atoms with Gasteiger partial charge in [-0.05, 0) is 51.0 Å². The molecule has 0 saturated carbocycles. The largest absolute Gasteiger partial charge is 0.347 e. The van der Waals surface area contributed by atoms with Crippen LogP contribution in [0.25, 0.3) is 0 Å². The summed E-state index contributed by atoms with van der Waals surface area (Å²) in [5.41, 5.74) is 2.89. The molecule has 2 fully saturated rings. The van der Waals surface area contributed by atoms with Gasteiger partial charge >= 0.3 is 0 Å². The van der Waals surface area contributed by atoms with Crippen LogP contribution in [0.1, 0.15) is 86.7 Å². The fourth-order valence-corrected chi connectivity index (χ4v) is 6.18. The van der Waals surface area contributed by atoms with Gasteiger partial charge in [0.15, 0.2) is 0 Å². The lowest BCUT2D eigenvalue weighted by Gasteiger charge is -2.31.